The Kier molecular flexibility index (Phi) is 5.25. The normalized spacial score (nSPS) is 17.5. The van der Waals surface area contributed by atoms with Gasteiger partial charge in [0.2, 0.25) is 5.91 Å². The Morgan fingerprint density at radius 3 is 2.67 bits per heavy atom. The maximum atomic E-state index is 11.7. The SMILES string of the molecule is C#CCCCC(=O)N1CCC(CC)CC1. The highest BCUT2D eigenvalue weighted by atomic mass is 16.2. The fourth-order valence-electron chi connectivity index (χ4n) is 2.09. The highest BCUT2D eigenvalue weighted by molar-refractivity contribution is 5.76. The number of unbranched alkanes of at least 4 members (excludes halogenated alkanes) is 1. The van der Waals surface area contributed by atoms with Crippen molar-refractivity contribution < 1.29 is 4.79 Å². The van der Waals surface area contributed by atoms with Crippen LogP contribution in [0.4, 0.5) is 0 Å². The summed E-state index contributed by atoms with van der Waals surface area (Å²) in [5, 5.41) is 0. The molecule has 0 atom stereocenters. The van der Waals surface area contributed by atoms with Gasteiger partial charge in [-0.2, -0.15) is 0 Å². The summed E-state index contributed by atoms with van der Waals surface area (Å²) in [5.41, 5.74) is 0. The lowest BCUT2D eigenvalue weighted by Crippen LogP contribution is -2.38. The zero-order valence-corrected chi connectivity index (χ0v) is 9.67. The van der Waals surface area contributed by atoms with Crippen LogP contribution in [0.15, 0.2) is 0 Å². The van der Waals surface area contributed by atoms with E-state index in [1.807, 2.05) is 4.90 Å². The minimum atomic E-state index is 0.291. The molecule has 0 N–H and O–H groups in total. The molecule has 2 heteroatoms. The molecule has 1 fully saturated rings. The summed E-state index contributed by atoms with van der Waals surface area (Å²) in [6.07, 6.45) is 10.9. The maximum Gasteiger partial charge on any atom is 0.222 e. The van der Waals surface area contributed by atoms with E-state index >= 15 is 0 Å². The number of amides is 1. The molecule has 1 aliphatic heterocycles. The second-order valence-electron chi connectivity index (χ2n) is 4.29. The van der Waals surface area contributed by atoms with E-state index in [1.165, 1.54) is 19.3 Å². The molecule has 1 rings (SSSR count). The van der Waals surface area contributed by atoms with E-state index in [2.05, 4.69) is 12.8 Å². The highest BCUT2D eigenvalue weighted by Crippen LogP contribution is 2.20. The molecule has 0 saturated carbocycles. The van der Waals surface area contributed by atoms with Gasteiger partial charge in [-0.15, -0.1) is 12.3 Å². The average Bonchev–Trinajstić information content (AvgIpc) is 2.29. The molecule has 0 aromatic rings. The van der Waals surface area contributed by atoms with Crippen molar-refractivity contribution in [3.05, 3.63) is 0 Å². The van der Waals surface area contributed by atoms with E-state index in [1.54, 1.807) is 0 Å². The smallest absolute Gasteiger partial charge is 0.222 e. The first-order valence-corrected chi connectivity index (χ1v) is 5.99. The van der Waals surface area contributed by atoms with Gasteiger partial charge in [-0.25, -0.2) is 0 Å². The summed E-state index contributed by atoms with van der Waals surface area (Å²) >= 11 is 0. The summed E-state index contributed by atoms with van der Waals surface area (Å²) in [5.74, 6) is 3.70. The lowest BCUT2D eigenvalue weighted by atomic mass is 9.94. The largest absolute Gasteiger partial charge is 0.343 e. The Bertz CT molecular complexity index is 233. The van der Waals surface area contributed by atoms with Crippen molar-refractivity contribution in [2.75, 3.05) is 13.1 Å². The van der Waals surface area contributed by atoms with Crippen molar-refractivity contribution in [1.82, 2.24) is 4.90 Å². The van der Waals surface area contributed by atoms with Gasteiger partial charge in [0.15, 0.2) is 0 Å². The Morgan fingerprint density at radius 2 is 2.13 bits per heavy atom. The molecule has 84 valence electrons. The lowest BCUT2D eigenvalue weighted by Gasteiger charge is -2.31. The molecule has 1 aliphatic rings. The molecule has 1 heterocycles. The van der Waals surface area contributed by atoms with Crippen molar-refractivity contribution in [2.45, 2.75) is 45.4 Å². The Labute approximate surface area is 93.0 Å². The maximum absolute atomic E-state index is 11.7. The number of nitrogens with zero attached hydrogens (tertiary/aromatic N) is 1. The van der Waals surface area contributed by atoms with Gasteiger partial charge in [0.25, 0.3) is 0 Å². The van der Waals surface area contributed by atoms with E-state index in [9.17, 15) is 4.79 Å². The van der Waals surface area contributed by atoms with Crippen molar-refractivity contribution in [1.29, 1.82) is 0 Å². The van der Waals surface area contributed by atoms with E-state index in [0.717, 1.165) is 31.8 Å². The van der Waals surface area contributed by atoms with E-state index in [0.29, 0.717) is 12.3 Å². The standard InChI is InChI=1S/C13H21NO/c1-3-5-6-7-13(15)14-10-8-12(4-2)9-11-14/h1,12H,4-11H2,2H3. The molecule has 0 aromatic carbocycles. The van der Waals surface area contributed by atoms with E-state index in [4.69, 9.17) is 6.42 Å². The van der Waals surface area contributed by atoms with E-state index in [-0.39, 0.29) is 0 Å². The predicted octanol–water partition coefficient (Wildman–Crippen LogP) is 2.44. The second-order valence-corrected chi connectivity index (χ2v) is 4.29. The predicted molar refractivity (Wildman–Crippen MR) is 62.3 cm³/mol. The van der Waals surface area contributed by atoms with Crippen molar-refractivity contribution in [3.8, 4) is 12.3 Å². The molecule has 1 saturated heterocycles. The van der Waals surface area contributed by atoms with Gasteiger partial charge < -0.3 is 4.90 Å². The monoisotopic (exact) mass is 207 g/mol. The van der Waals surface area contributed by atoms with Crippen LogP contribution in [0.1, 0.15) is 45.4 Å². The molecule has 0 bridgehead atoms. The first-order chi connectivity index (χ1) is 7.27. The summed E-state index contributed by atoms with van der Waals surface area (Å²) in [4.78, 5) is 13.7. The summed E-state index contributed by atoms with van der Waals surface area (Å²) in [7, 11) is 0. The van der Waals surface area contributed by atoms with Crippen molar-refractivity contribution in [2.24, 2.45) is 5.92 Å². The number of hydrogen-bond acceptors (Lipinski definition) is 1. The molecule has 1 amide bonds. The van der Waals surface area contributed by atoms with Gasteiger partial charge in [-0.05, 0) is 25.2 Å². The van der Waals surface area contributed by atoms with Crippen LogP contribution < -0.4 is 0 Å². The first kappa shape index (κ1) is 12.1. The molecule has 0 radical (unpaired) electrons. The molecule has 15 heavy (non-hydrogen) atoms. The van der Waals surface area contributed by atoms with Crippen LogP contribution in [0.3, 0.4) is 0 Å². The number of piperidine rings is 1. The Morgan fingerprint density at radius 1 is 1.47 bits per heavy atom. The number of terminal acetylenes is 1. The number of carbonyl (C=O) groups is 1. The third-order valence-corrected chi connectivity index (χ3v) is 3.26. The van der Waals surface area contributed by atoms with Gasteiger partial charge in [0.1, 0.15) is 0 Å². The van der Waals surface area contributed by atoms with Crippen molar-refractivity contribution in [3.63, 3.8) is 0 Å². The molecule has 2 nitrogen and oxygen atoms in total. The minimum absolute atomic E-state index is 0.291. The van der Waals surface area contributed by atoms with Gasteiger partial charge in [0.05, 0.1) is 0 Å². The quantitative estimate of drug-likeness (QED) is 0.512. The summed E-state index contributed by atoms with van der Waals surface area (Å²) in [6.45, 7) is 4.13. The van der Waals surface area contributed by atoms with E-state index < -0.39 is 0 Å². The van der Waals surface area contributed by atoms with Crippen LogP contribution in [0.5, 0.6) is 0 Å². The molecule has 0 unspecified atom stereocenters. The number of carbonyl (C=O) groups excluding carboxylic acids is 1. The fraction of sp³-hybridized carbons (Fsp3) is 0.769. The van der Waals surface area contributed by atoms with Crippen molar-refractivity contribution >= 4 is 5.91 Å². The fourth-order valence-corrected chi connectivity index (χ4v) is 2.09. The summed E-state index contributed by atoms with van der Waals surface area (Å²) < 4.78 is 0. The molecule has 0 aliphatic carbocycles. The van der Waals surface area contributed by atoms with Crippen LogP contribution in [0.25, 0.3) is 0 Å². The zero-order valence-electron chi connectivity index (χ0n) is 9.67. The van der Waals surface area contributed by atoms with Crippen LogP contribution in [0.2, 0.25) is 0 Å². The first-order valence-electron chi connectivity index (χ1n) is 5.99. The number of likely N-dealkylation sites (tertiary alicyclic amines) is 1. The van der Waals surface area contributed by atoms with Crippen LogP contribution in [-0.2, 0) is 4.79 Å². The van der Waals surface area contributed by atoms with Crippen LogP contribution in [-0.4, -0.2) is 23.9 Å². The highest BCUT2D eigenvalue weighted by Gasteiger charge is 2.20. The summed E-state index contributed by atoms with van der Waals surface area (Å²) in [6, 6.07) is 0. The van der Waals surface area contributed by atoms with Crippen LogP contribution in [0, 0.1) is 18.3 Å². The second kappa shape index (κ2) is 6.50. The molecular weight excluding hydrogens is 186 g/mol. The van der Waals surface area contributed by atoms with Crippen LogP contribution >= 0.6 is 0 Å². The number of rotatable bonds is 4. The molecule has 0 aromatic heterocycles. The molecular formula is C13H21NO. The van der Waals surface area contributed by atoms with Gasteiger partial charge >= 0.3 is 0 Å². The van der Waals surface area contributed by atoms with Gasteiger partial charge in [-0.1, -0.05) is 13.3 Å². The Balaban J connectivity index is 2.21. The van der Waals surface area contributed by atoms with Gasteiger partial charge in [0, 0.05) is 25.9 Å². The zero-order chi connectivity index (χ0) is 11.1. The third-order valence-electron chi connectivity index (χ3n) is 3.26. The molecule has 0 spiro atoms. The minimum Gasteiger partial charge on any atom is -0.343 e. The average molecular weight is 207 g/mol. The topological polar surface area (TPSA) is 20.3 Å². The third kappa shape index (κ3) is 3.95. The number of hydrogen-bond donors (Lipinski definition) is 0. The van der Waals surface area contributed by atoms with Gasteiger partial charge in [-0.3, -0.25) is 4.79 Å². The lowest BCUT2D eigenvalue weighted by molar-refractivity contribution is -0.132. The Hall–Kier alpha value is -0.970.